The van der Waals surface area contributed by atoms with Gasteiger partial charge in [-0.2, -0.15) is 13.2 Å². The first-order chi connectivity index (χ1) is 6.41. The third-order valence-electron chi connectivity index (χ3n) is 1.45. The van der Waals surface area contributed by atoms with Crippen molar-refractivity contribution in [2.45, 2.75) is 13.1 Å². The van der Waals surface area contributed by atoms with E-state index in [4.69, 9.17) is 0 Å². The maximum absolute atomic E-state index is 12.3. The van der Waals surface area contributed by atoms with E-state index in [1.807, 2.05) is 0 Å². The van der Waals surface area contributed by atoms with Crippen molar-refractivity contribution < 1.29 is 22.7 Å². The van der Waals surface area contributed by atoms with Crippen LogP contribution in [0, 0.1) is 0 Å². The van der Waals surface area contributed by atoms with Crippen molar-refractivity contribution in [3.05, 3.63) is 29.8 Å². The normalized spacial score (nSPS) is 11.1. The monoisotopic (exact) mass is 204 g/mol. The molecule has 0 amide bonds. The van der Waals surface area contributed by atoms with Crippen molar-refractivity contribution >= 4 is 5.97 Å². The topological polar surface area (TPSA) is 26.3 Å². The Bertz CT molecular complexity index is 344. The number of alkyl halides is 3. The van der Waals surface area contributed by atoms with Crippen molar-refractivity contribution in [2.24, 2.45) is 0 Å². The fourth-order valence-corrected chi connectivity index (χ4v) is 0.945. The minimum atomic E-state index is -4.51. The Morgan fingerprint density at radius 1 is 1.29 bits per heavy atom. The summed E-state index contributed by atoms with van der Waals surface area (Å²) in [6, 6.07) is 4.56. The molecule has 2 nitrogen and oxygen atoms in total. The van der Waals surface area contributed by atoms with E-state index < -0.39 is 23.5 Å². The summed E-state index contributed by atoms with van der Waals surface area (Å²) in [7, 11) is 0. The summed E-state index contributed by atoms with van der Waals surface area (Å²) in [5, 5.41) is 0. The first kappa shape index (κ1) is 10.6. The lowest BCUT2D eigenvalue weighted by atomic mass is 10.2. The maximum Gasteiger partial charge on any atom is 0.419 e. The summed E-state index contributed by atoms with van der Waals surface area (Å²) in [4.78, 5) is 10.5. The molecule has 0 N–H and O–H groups in total. The molecule has 0 aromatic heterocycles. The molecule has 0 fully saturated rings. The van der Waals surface area contributed by atoms with E-state index in [0.29, 0.717) is 0 Å². The van der Waals surface area contributed by atoms with Crippen LogP contribution in [0.25, 0.3) is 0 Å². The summed E-state index contributed by atoms with van der Waals surface area (Å²) in [5.41, 5.74) is -0.949. The molecule has 0 aliphatic heterocycles. The lowest BCUT2D eigenvalue weighted by molar-refractivity contribution is -0.141. The number of esters is 1. The number of ether oxygens (including phenoxy) is 1. The van der Waals surface area contributed by atoms with Gasteiger partial charge in [0.1, 0.15) is 5.75 Å². The summed E-state index contributed by atoms with van der Waals surface area (Å²) in [6.07, 6.45) is -4.51. The van der Waals surface area contributed by atoms with E-state index >= 15 is 0 Å². The van der Waals surface area contributed by atoms with Gasteiger partial charge >= 0.3 is 12.1 Å². The molecule has 0 atom stereocenters. The smallest absolute Gasteiger partial charge is 0.419 e. The minimum absolute atomic E-state index is 0.465. The molecule has 0 saturated carbocycles. The summed E-state index contributed by atoms with van der Waals surface area (Å²) >= 11 is 0. The summed E-state index contributed by atoms with van der Waals surface area (Å²) < 4.78 is 41.3. The highest BCUT2D eigenvalue weighted by molar-refractivity contribution is 5.69. The molecule has 1 rings (SSSR count). The number of hydrogen-bond acceptors (Lipinski definition) is 2. The number of benzene rings is 1. The molecule has 0 aliphatic rings. The second kappa shape index (κ2) is 3.69. The SMILES string of the molecule is CC(=O)Oc1ccccc1C(F)(F)F. The molecule has 14 heavy (non-hydrogen) atoms. The second-order valence-electron chi connectivity index (χ2n) is 2.59. The van der Waals surface area contributed by atoms with Gasteiger partial charge in [0.15, 0.2) is 0 Å². The van der Waals surface area contributed by atoms with E-state index in [1.165, 1.54) is 12.1 Å². The largest absolute Gasteiger partial charge is 0.426 e. The highest BCUT2D eigenvalue weighted by Crippen LogP contribution is 2.35. The van der Waals surface area contributed by atoms with Crippen LogP contribution in [0.3, 0.4) is 0 Å². The molecule has 0 bridgehead atoms. The number of carbonyl (C=O) groups is 1. The number of halogens is 3. The lowest BCUT2D eigenvalue weighted by Gasteiger charge is -2.10. The van der Waals surface area contributed by atoms with Crippen molar-refractivity contribution in [3.8, 4) is 5.75 Å². The molecule has 1 aromatic carbocycles. The Labute approximate surface area is 78.3 Å². The Balaban J connectivity index is 3.10. The van der Waals surface area contributed by atoms with E-state index in [2.05, 4.69) is 4.74 Å². The van der Waals surface area contributed by atoms with Crippen LogP contribution in [0.1, 0.15) is 12.5 Å². The number of rotatable bonds is 1. The molecule has 0 aliphatic carbocycles. The highest BCUT2D eigenvalue weighted by Gasteiger charge is 2.34. The molecule has 0 unspecified atom stereocenters. The van der Waals surface area contributed by atoms with Gasteiger partial charge in [-0.15, -0.1) is 0 Å². The molecular formula is C9H7F3O2. The van der Waals surface area contributed by atoms with Crippen LogP contribution >= 0.6 is 0 Å². The molecule has 0 heterocycles. The third-order valence-corrected chi connectivity index (χ3v) is 1.45. The fraction of sp³-hybridized carbons (Fsp3) is 0.222. The van der Waals surface area contributed by atoms with Crippen LogP contribution < -0.4 is 4.74 Å². The predicted molar refractivity (Wildman–Crippen MR) is 42.8 cm³/mol. The Kier molecular flexibility index (Phi) is 2.78. The van der Waals surface area contributed by atoms with E-state index in [-0.39, 0.29) is 0 Å². The summed E-state index contributed by atoms with van der Waals surface area (Å²) in [5.74, 6) is -1.24. The zero-order valence-corrected chi connectivity index (χ0v) is 7.26. The first-order valence-electron chi connectivity index (χ1n) is 3.76. The maximum atomic E-state index is 12.3. The minimum Gasteiger partial charge on any atom is -0.426 e. The highest BCUT2D eigenvalue weighted by atomic mass is 19.4. The van der Waals surface area contributed by atoms with E-state index in [1.54, 1.807) is 0 Å². The molecule has 0 saturated heterocycles. The fourth-order valence-electron chi connectivity index (χ4n) is 0.945. The summed E-state index contributed by atoms with van der Waals surface area (Å²) in [6.45, 7) is 1.05. The lowest BCUT2D eigenvalue weighted by Crippen LogP contribution is -2.10. The van der Waals surface area contributed by atoms with Crippen molar-refractivity contribution in [1.29, 1.82) is 0 Å². The van der Waals surface area contributed by atoms with Gasteiger partial charge in [0.2, 0.25) is 0 Å². The van der Waals surface area contributed by atoms with Crippen LogP contribution in [0.15, 0.2) is 24.3 Å². The second-order valence-corrected chi connectivity index (χ2v) is 2.59. The van der Waals surface area contributed by atoms with Gasteiger partial charge in [0.05, 0.1) is 5.56 Å². The van der Waals surface area contributed by atoms with Gasteiger partial charge in [0, 0.05) is 6.92 Å². The molecule has 1 aromatic rings. The van der Waals surface area contributed by atoms with Gasteiger partial charge in [-0.25, -0.2) is 0 Å². The Morgan fingerprint density at radius 2 is 1.86 bits per heavy atom. The zero-order valence-electron chi connectivity index (χ0n) is 7.26. The molecular weight excluding hydrogens is 197 g/mol. The predicted octanol–water partition coefficient (Wildman–Crippen LogP) is 2.63. The average molecular weight is 204 g/mol. The van der Waals surface area contributed by atoms with Crippen LogP contribution in [0.4, 0.5) is 13.2 Å². The van der Waals surface area contributed by atoms with Crippen molar-refractivity contribution in [2.75, 3.05) is 0 Å². The molecule has 0 spiro atoms. The van der Waals surface area contributed by atoms with Gasteiger partial charge in [0.25, 0.3) is 0 Å². The average Bonchev–Trinajstić information content (AvgIpc) is 2.01. The molecule has 5 heteroatoms. The molecule has 76 valence electrons. The van der Waals surface area contributed by atoms with E-state index in [9.17, 15) is 18.0 Å². The number of carbonyl (C=O) groups excluding carboxylic acids is 1. The van der Waals surface area contributed by atoms with Crippen molar-refractivity contribution in [1.82, 2.24) is 0 Å². The zero-order chi connectivity index (χ0) is 10.8. The van der Waals surface area contributed by atoms with Crippen LogP contribution in [-0.4, -0.2) is 5.97 Å². The van der Waals surface area contributed by atoms with Gasteiger partial charge in [-0.3, -0.25) is 4.79 Å². The first-order valence-corrected chi connectivity index (χ1v) is 3.76. The number of para-hydroxylation sites is 1. The third kappa shape index (κ3) is 2.48. The van der Waals surface area contributed by atoms with Gasteiger partial charge < -0.3 is 4.74 Å². The van der Waals surface area contributed by atoms with Crippen LogP contribution in [0.2, 0.25) is 0 Å². The van der Waals surface area contributed by atoms with E-state index in [0.717, 1.165) is 19.1 Å². The number of hydrogen-bond donors (Lipinski definition) is 0. The Morgan fingerprint density at radius 3 is 2.36 bits per heavy atom. The molecule has 0 radical (unpaired) electrons. The van der Waals surface area contributed by atoms with Crippen molar-refractivity contribution in [3.63, 3.8) is 0 Å². The van der Waals surface area contributed by atoms with Crippen LogP contribution in [0.5, 0.6) is 5.75 Å². The standard InChI is InChI=1S/C9H7F3O2/c1-6(13)14-8-5-3-2-4-7(8)9(10,11)12/h2-5H,1H3. The van der Waals surface area contributed by atoms with Crippen LogP contribution in [-0.2, 0) is 11.0 Å². The van der Waals surface area contributed by atoms with Gasteiger partial charge in [-0.1, -0.05) is 12.1 Å². The Hall–Kier alpha value is -1.52. The van der Waals surface area contributed by atoms with Gasteiger partial charge in [-0.05, 0) is 12.1 Å². The quantitative estimate of drug-likeness (QED) is 0.519.